The van der Waals surface area contributed by atoms with Gasteiger partial charge >= 0.3 is 0 Å². The second kappa shape index (κ2) is 10.3. The predicted molar refractivity (Wildman–Crippen MR) is 70.9 cm³/mol. The van der Waals surface area contributed by atoms with Crippen molar-refractivity contribution in [2.45, 2.75) is 38.8 Å². The Kier molecular flexibility index (Phi) is 9.86. The van der Waals surface area contributed by atoms with Gasteiger partial charge in [-0.05, 0) is 20.3 Å². The lowest BCUT2D eigenvalue weighted by molar-refractivity contribution is -0.121. The number of hydrazine groups is 1. The maximum Gasteiger partial charge on any atom is 0.233 e. The van der Waals surface area contributed by atoms with Crippen LogP contribution in [0.2, 0.25) is 0 Å². The second-order valence-corrected chi connectivity index (χ2v) is 4.49. The Hall–Kier alpha value is -0.690. The van der Waals surface area contributed by atoms with Crippen LogP contribution >= 0.6 is 0 Å². The highest BCUT2D eigenvalue weighted by Crippen LogP contribution is 2.11. The molecule has 0 aliphatic heterocycles. The molecule has 108 valence electrons. The number of nitrogens with one attached hydrogen (secondary N) is 1. The van der Waals surface area contributed by atoms with Gasteiger partial charge in [-0.2, -0.15) is 0 Å². The topological polar surface area (TPSA) is 76.8 Å². The van der Waals surface area contributed by atoms with Gasteiger partial charge in [-0.3, -0.25) is 15.1 Å². The van der Waals surface area contributed by atoms with Gasteiger partial charge in [0.05, 0.1) is 13.2 Å². The van der Waals surface area contributed by atoms with Crippen molar-refractivity contribution in [2.24, 2.45) is 5.84 Å². The summed E-state index contributed by atoms with van der Waals surface area (Å²) in [6.45, 7) is 6.37. The number of hydrogen-bond donors (Lipinski definition) is 2. The Labute approximate surface area is 110 Å². The molecular weight excluding hydrogens is 234 g/mol. The van der Waals surface area contributed by atoms with Crippen molar-refractivity contribution < 1.29 is 14.3 Å². The van der Waals surface area contributed by atoms with Crippen molar-refractivity contribution in [3.63, 3.8) is 0 Å². The molecule has 0 aromatic carbocycles. The van der Waals surface area contributed by atoms with Crippen molar-refractivity contribution in [2.75, 3.05) is 34.0 Å². The van der Waals surface area contributed by atoms with E-state index in [4.69, 9.17) is 15.3 Å². The lowest BCUT2D eigenvalue weighted by Gasteiger charge is -2.34. The SMILES string of the molecule is COCCN(C(C)CCC(=O)NN)C(C)COC. The first-order chi connectivity index (χ1) is 8.56. The molecule has 6 nitrogen and oxygen atoms in total. The molecule has 6 heteroatoms. The highest BCUT2D eigenvalue weighted by molar-refractivity contribution is 5.75. The van der Waals surface area contributed by atoms with E-state index in [2.05, 4.69) is 24.2 Å². The average Bonchev–Trinajstić information content (AvgIpc) is 2.36. The number of nitrogens with two attached hydrogens (primary N) is 1. The molecule has 0 spiro atoms. The maximum absolute atomic E-state index is 11.1. The minimum atomic E-state index is -0.132. The molecule has 1 amide bonds. The van der Waals surface area contributed by atoms with Gasteiger partial charge < -0.3 is 9.47 Å². The zero-order valence-electron chi connectivity index (χ0n) is 11.9. The van der Waals surface area contributed by atoms with Gasteiger partial charge in [0, 0.05) is 39.3 Å². The van der Waals surface area contributed by atoms with Crippen LogP contribution in [0.15, 0.2) is 0 Å². The highest BCUT2D eigenvalue weighted by Gasteiger charge is 2.20. The van der Waals surface area contributed by atoms with Crippen LogP contribution in [0, 0.1) is 0 Å². The molecule has 2 unspecified atom stereocenters. The van der Waals surface area contributed by atoms with Crippen molar-refractivity contribution in [3.8, 4) is 0 Å². The lowest BCUT2D eigenvalue weighted by Crippen LogP contribution is -2.45. The average molecular weight is 261 g/mol. The molecule has 0 aromatic heterocycles. The largest absolute Gasteiger partial charge is 0.383 e. The first-order valence-corrected chi connectivity index (χ1v) is 6.29. The third kappa shape index (κ3) is 6.90. The van der Waals surface area contributed by atoms with Crippen molar-refractivity contribution >= 4 is 5.91 Å². The van der Waals surface area contributed by atoms with Crippen molar-refractivity contribution in [1.82, 2.24) is 10.3 Å². The molecule has 0 heterocycles. The number of carbonyl (C=O) groups is 1. The summed E-state index contributed by atoms with van der Waals surface area (Å²) in [6.07, 6.45) is 1.20. The Morgan fingerprint density at radius 1 is 1.28 bits per heavy atom. The van der Waals surface area contributed by atoms with Crippen molar-refractivity contribution in [3.05, 3.63) is 0 Å². The van der Waals surface area contributed by atoms with Crippen LogP contribution in [-0.2, 0) is 14.3 Å². The van der Waals surface area contributed by atoms with E-state index in [1.54, 1.807) is 14.2 Å². The van der Waals surface area contributed by atoms with Gasteiger partial charge in [0.25, 0.3) is 0 Å². The maximum atomic E-state index is 11.1. The second-order valence-electron chi connectivity index (χ2n) is 4.49. The molecule has 3 N–H and O–H groups in total. The van der Waals surface area contributed by atoms with Crippen molar-refractivity contribution in [1.29, 1.82) is 0 Å². The third-order valence-corrected chi connectivity index (χ3v) is 3.04. The van der Waals surface area contributed by atoms with E-state index in [9.17, 15) is 4.79 Å². The summed E-state index contributed by atoms with van der Waals surface area (Å²) in [5, 5.41) is 0. The van der Waals surface area contributed by atoms with Gasteiger partial charge in [-0.15, -0.1) is 0 Å². The van der Waals surface area contributed by atoms with E-state index in [-0.39, 0.29) is 11.9 Å². The number of rotatable bonds is 10. The first kappa shape index (κ1) is 17.3. The first-order valence-electron chi connectivity index (χ1n) is 6.29. The normalized spacial score (nSPS) is 14.6. The van der Waals surface area contributed by atoms with Crippen LogP contribution in [0.4, 0.5) is 0 Å². The molecule has 0 saturated heterocycles. The van der Waals surface area contributed by atoms with Gasteiger partial charge in [0.1, 0.15) is 0 Å². The molecule has 0 fully saturated rings. The molecular formula is C12H27N3O3. The van der Waals surface area contributed by atoms with Crippen LogP contribution in [0.5, 0.6) is 0 Å². The molecule has 0 rings (SSSR count). The summed E-state index contributed by atoms with van der Waals surface area (Å²) in [4.78, 5) is 13.4. The zero-order valence-corrected chi connectivity index (χ0v) is 11.9. The molecule has 0 radical (unpaired) electrons. The summed E-state index contributed by atoms with van der Waals surface area (Å²) in [6, 6.07) is 0.573. The van der Waals surface area contributed by atoms with E-state index >= 15 is 0 Å². The summed E-state index contributed by atoms with van der Waals surface area (Å²) >= 11 is 0. The molecule has 18 heavy (non-hydrogen) atoms. The Bertz CT molecular complexity index is 227. The van der Waals surface area contributed by atoms with Gasteiger partial charge in [0.15, 0.2) is 0 Å². The Morgan fingerprint density at radius 3 is 2.44 bits per heavy atom. The number of hydrogen-bond acceptors (Lipinski definition) is 5. The summed E-state index contributed by atoms with van der Waals surface area (Å²) < 4.78 is 10.3. The van der Waals surface area contributed by atoms with Gasteiger partial charge in [0.2, 0.25) is 5.91 Å². The fourth-order valence-corrected chi connectivity index (χ4v) is 1.99. The molecule has 2 atom stereocenters. The van der Waals surface area contributed by atoms with E-state index < -0.39 is 0 Å². The smallest absolute Gasteiger partial charge is 0.233 e. The number of amides is 1. The van der Waals surface area contributed by atoms with E-state index in [0.29, 0.717) is 25.7 Å². The van der Waals surface area contributed by atoms with E-state index in [0.717, 1.165) is 13.0 Å². The minimum Gasteiger partial charge on any atom is -0.383 e. The fraction of sp³-hybridized carbons (Fsp3) is 0.917. The van der Waals surface area contributed by atoms with Crippen LogP contribution in [0.1, 0.15) is 26.7 Å². The van der Waals surface area contributed by atoms with Gasteiger partial charge in [-0.1, -0.05) is 0 Å². The summed E-state index contributed by atoms with van der Waals surface area (Å²) in [5.74, 6) is 4.94. The predicted octanol–water partition coefficient (Wildman–Crippen LogP) is 0.128. The number of nitrogens with zero attached hydrogens (tertiary/aromatic N) is 1. The van der Waals surface area contributed by atoms with Crippen LogP contribution < -0.4 is 11.3 Å². The van der Waals surface area contributed by atoms with Crippen LogP contribution in [0.3, 0.4) is 0 Å². The minimum absolute atomic E-state index is 0.132. The standard InChI is InChI=1S/C12H27N3O3/c1-10(5-6-12(16)14-13)15(7-8-17-3)11(2)9-18-4/h10-11H,5-9,13H2,1-4H3,(H,14,16). The number of carbonyl (C=O) groups excluding carboxylic acids is 1. The molecule has 0 saturated carbocycles. The van der Waals surface area contributed by atoms with Gasteiger partial charge in [-0.25, -0.2) is 5.84 Å². The Morgan fingerprint density at radius 2 is 1.94 bits per heavy atom. The molecule has 0 bridgehead atoms. The number of methoxy groups -OCH3 is 2. The molecule has 0 aliphatic carbocycles. The molecule has 0 aromatic rings. The number of ether oxygens (including phenoxy) is 2. The zero-order chi connectivity index (χ0) is 14.0. The fourth-order valence-electron chi connectivity index (χ4n) is 1.99. The highest BCUT2D eigenvalue weighted by atomic mass is 16.5. The Balaban J connectivity index is 4.28. The molecule has 0 aliphatic rings. The van der Waals surface area contributed by atoms with Crippen LogP contribution in [-0.4, -0.2) is 56.9 Å². The third-order valence-electron chi connectivity index (χ3n) is 3.04. The van der Waals surface area contributed by atoms with E-state index in [1.165, 1.54) is 0 Å². The lowest BCUT2D eigenvalue weighted by atomic mass is 10.1. The monoisotopic (exact) mass is 261 g/mol. The summed E-state index contributed by atoms with van der Waals surface area (Å²) in [7, 11) is 3.38. The van der Waals surface area contributed by atoms with Crippen LogP contribution in [0.25, 0.3) is 0 Å². The quantitative estimate of drug-likeness (QED) is 0.332. The van der Waals surface area contributed by atoms with E-state index in [1.807, 2.05) is 0 Å². The summed E-state index contributed by atoms with van der Waals surface area (Å²) in [5.41, 5.74) is 2.15.